The molecule has 35 heavy (non-hydrogen) atoms. The number of methoxy groups -OCH3 is 1. The van der Waals surface area contributed by atoms with Gasteiger partial charge in [0.15, 0.2) is 5.69 Å². The van der Waals surface area contributed by atoms with Gasteiger partial charge in [-0.15, -0.1) is 0 Å². The molecule has 2 heterocycles. The van der Waals surface area contributed by atoms with Crippen molar-refractivity contribution in [3.05, 3.63) is 77.4 Å². The van der Waals surface area contributed by atoms with Crippen molar-refractivity contribution < 1.29 is 28.2 Å². The van der Waals surface area contributed by atoms with Gasteiger partial charge in [0, 0.05) is 23.9 Å². The fourth-order valence-electron chi connectivity index (χ4n) is 4.10. The molecule has 0 radical (unpaired) electrons. The number of ether oxygens (including phenoxy) is 2. The Balaban J connectivity index is 1.71. The number of esters is 1. The number of anilines is 1. The number of hydrogen-bond acceptors (Lipinski definition) is 6. The van der Waals surface area contributed by atoms with Crippen molar-refractivity contribution in [2.45, 2.75) is 32.5 Å². The summed E-state index contributed by atoms with van der Waals surface area (Å²) in [4.78, 5) is 40.7. The zero-order valence-electron chi connectivity index (χ0n) is 19.6. The normalized spacial score (nSPS) is 17.0. The predicted molar refractivity (Wildman–Crippen MR) is 125 cm³/mol. The largest absolute Gasteiger partial charge is 0.496 e. The summed E-state index contributed by atoms with van der Waals surface area (Å²) in [6.45, 7) is 3.53. The molecule has 0 aliphatic carbocycles. The highest BCUT2D eigenvalue weighted by Gasteiger charge is 2.49. The number of nitrogens with zero attached hydrogens (tertiary/aromatic N) is 3. The summed E-state index contributed by atoms with van der Waals surface area (Å²) in [5.74, 6) is -1.55. The van der Waals surface area contributed by atoms with Crippen LogP contribution in [0.2, 0.25) is 0 Å². The van der Waals surface area contributed by atoms with Gasteiger partial charge in [-0.2, -0.15) is 5.10 Å². The molecule has 4 rings (SSSR count). The first-order valence-corrected chi connectivity index (χ1v) is 11.0. The minimum absolute atomic E-state index is 0.0343. The highest BCUT2D eigenvalue weighted by Crippen LogP contribution is 2.33. The van der Waals surface area contributed by atoms with Crippen LogP contribution >= 0.6 is 0 Å². The van der Waals surface area contributed by atoms with E-state index in [1.165, 1.54) is 39.9 Å². The molecular formula is C25H25FN4O5. The minimum atomic E-state index is -1.44. The molecule has 1 N–H and O–H groups in total. The molecule has 0 fully saturated rings. The number of carbonyl (C=O) groups is 3. The van der Waals surface area contributed by atoms with Gasteiger partial charge in [-0.25, -0.2) is 9.18 Å². The third-order valence-electron chi connectivity index (χ3n) is 5.84. The molecule has 1 aliphatic rings. The minimum Gasteiger partial charge on any atom is -0.496 e. The summed E-state index contributed by atoms with van der Waals surface area (Å²) in [7, 11) is 1.54. The van der Waals surface area contributed by atoms with Crippen molar-refractivity contribution in [3.63, 3.8) is 0 Å². The Morgan fingerprint density at radius 3 is 2.57 bits per heavy atom. The molecule has 2 amide bonds. The van der Waals surface area contributed by atoms with E-state index in [-0.39, 0.29) is 31.1 Å². The lowest BCUT2D eigenvalue weighted by molar-refractivity contribution is -0.126. The van der Waals surface area contributed by atoms with Crippen LogP contribution in [0.1, 0.15) is 40.4 Å². The Morgan fingerprint density at radius 2 is 1.89 bits per heavy atom. The first kappa shape index (κ1) is 23.9. The van der Waals surface area contributed by atoms with Crippen LogP contribution in [0.4, 0.5) is 10.1 Å². The van der Waals surface area contributed by atoms with Crippen molar-refractivity contribution in [2.24, 2.45) is 0 Å². The highest BCUT2D eigenvalue weighted by atomic mass is 19.1. The van der Waals surface area contributed by atoms with E-state index in [4.69, 9.17) is 9.47 Å². The van der Waals surface area contributed by atoms with E-state index in [1.54, 1.807) is 27.0 Å². The Kier molecular flexibility index (Phi) is 6.54. The van der Waals surface area contributed by atoms with Crippen LogP contribution in [0.3, 0.4) is 0 Å². The summed E-state index contributed by atoms with van der Waals surface area (Å²) in [6, 6.07) is 13.9. The van der Waals surface area contributed by atoms with E-state index in [1.807, 2.05) is 18.2 Å². The van der Waals surface area contributed by atoms with Gasteiger partial charge in [0.25, 0.3) is 5.91 Å². The summed E-state index contributed by atoms with van der Waals surface area (Å²) in [6.07, 6.45) is 0. The molecular weight excluding hydrogens is 455 g/mol. The van der Waals surface area contributed by atoms with Crippen LogP contribution in [0.5, 0.6) is 5.75 Å². The van der Waals surface area contributed by atoms with Crippen LogP contribution in [-0.4, -0.2) is 46.8 Å². The van der Waals surface area contributed by atoms with E-state index in [0.29, 0.717) is 11.4 Å². The van der Waals surface area contributed by atoms with Gasteiger partial charge in [0.2, 0.25) is 5.91 Å². The number of halogens is 1. The molecule has 2 aromatic carbocycles. The SMILES string of the molecule is CCOC(=O)c1cc2n(n1)CC(C)(C(=O)NCc1ccccc1OC)N(c1ccc(F)cc1)C2=O. The monoisotopic (exact) mass is 480 g/mol. The van der Waals surface area contributed by atoms with E-state index < -0.39 is 29.1 Å². The van der Waals surface area contributed by atoms with E-state index >= 15 is 0 Å². The molecule has 0 saturated heterocycles. The van der Waals surface area contributed by atoms with E-state index in [0.717, 1.165) is 5.56 Å². The van der Waals surface area contributed by atoms with Crippen molar-refractivity contribution in [2.75, 3.05) is 18.6 Å². The Hall–Kier alpha value is -4.21. The quantitative estimate of drug-likeness (QED) is 0.522. The van der Waals surface area contributed by atoms with Gasteiger partial charge < -0.3 is 14.8 Å². The number of aromatic nitrogens is 2. The maximum Gasteiger partial charge on any atom is 0.358 e. The third kappa shape index (κ3) is 4.46. The fraction of sp³-hybridized carbons (Fsp3) is 0.280. The van der Waals surface area contributed by atoms with Crippen molar-refractivity contribution in [1.82, 2.24) is 15.1 Å². The lowest BCUT2D eigenvalue weighted by atomic mass is 9.93. The van der Waals surface area contributed by atoms with Gasteiger partial charge in [-0.1, -0.05) is 18.2 Å². The molecule has 182 valence electrons. The molecule has 0 bridgehead atoms. The number of rotatable bonds is 7. The summed E-state index contributed by atoms with van der Waals surface area (Å²) in [5, 5.41) is 7.10. The topological polar surface area (TPSA) is 103 Å². The molecule has 10 heteroatoms. The van der Waals surface area contributed by atoms with Crippen molar-refractivity contribution in [1.29, 1.82) is 0 Å². The Bertz CT molecular complexity index is 1270. The van der Waals surface area contributed by atoms with Gasteiger partial charge >= 0.3 is 5.97 Å². The first-order chi connectivity index (χ1) is 16.8. The van der Waals surface area contributed by atoms with Gasteiger partial charge in [0.1, 0.15) is 22.8 Å². The molecule has 1 aromatic heterocycles. The van der Waals surface area contributed by atoms with Crippen LogP contribution in [0, 0.1) is 5.82 Å². The molecule has 1 atom stereocenters. The second-order valence-corrected chi connectivity index (χ2v) is 8.18. The summed E-state index contributed by atoms with van der Waals surface area (Å²) >= 11 is 0. The maximum atomic E-state index is 13.6. The summed E-state index contributed by atoms with van der Waals surface area (Å²) in [5.41, 5.74) is -0.273. The predicted octanol–water partition coefficient (Wildman–Crippen LogP) is 2.94. The fourth-order valence-corrected chi connectivity index (χ4v) is 4.10. The second kappa shape index (κ2) is 9.57. The zero-order valence-corrected chi connectivity index (χ0v) is 19.6. The van der Waals surface area contributed by atoms with Crippen LogP contribution in [0.15, 0.2) is 54.6 Å². The van der Waals surface area contributed by atoms with E-state index in [9.17, 15) is 18.8 Å². The molecule has 1 aliphatic heterocycles. The highest BCUT2D eigenvalue weighted by molar-refractivity contribution is 6.12. The van der Waals surface area contributed by atoms with Gasteiger partial charge in [-0.05, 0) is 44.2 Å². The lowest BCUT2D eigenvalue weighted by Gasteiger charge is -2.43. The third-order valence-corrected chi connectivity index (χ3v) is 5.84. The molecule has 0 saturated carbocycles. The van der Waals surface area contributed by atoms with Crippen LogP contribution in [-0.2, 0) is 22.6 Å². The first-order valence-electron chi connectivity index (χ1n) is 11.0. The average molecular weight is 480 g/mol. The number of hydrogen-bond donors (Lipinski definition) is 1. The molecule has 9 nitrogen and oxygen atoms in total. The van der Waals surface area contributed by atoms with Crippen LogP contribution in [0.25, 0.3) is 0 Å². The number of fused-ring (bicyclic) bond motifs is 1. The maximum absolute atomic E-state index is 13.6. The smallest absolute Gasteiger partial charge is 0.358 e. The number of amides is 2. The average Bonchev–Trinajstić information content (AvgIpc) is 3.28. The summed E-state index contributed by atoms with van der Waals surface area (Å²) < 4.78 is 25.3. The number of carbonyl (C=O) groups excluding carboxylic acids is 3. The second-order valence-electron chi connectivity index (χ2n) is 8.18. The molecule has 1 unspecified atom stereocenters. The number of para-hydroxylation sites is 1. The molecule has 0 spiro atoms. The number of nitrogens with one attached hydrogen (secondary N) is 1. The number of benzene rings is 2. The standard InChI is InChI=1S/C25H25FN4O5/c1-4-35-23(32)19-13-20-22(31)30(18-11-9-17(26)10-12-18)25(2,15-29(20)28-19)24(33)27-14-16-7-5-6-8-21(16)34-3/h5-13H,4,14-15H2,1-3H3,(H,27,33). The van der Waals surface area contributed by atoms with Gasteiger partial charge in [0.05, 0.1) is 20.3 Å². The lowest BCUT2D eigenvalue weighted by Crippen LogP contribution is -2.64. The van der Waals surface area contributed by atoms with Crippen molar-refractivity contribution in [3.8, 4) is 5.75 Å². The zero-order chi connectivity index (χ0) is 25.2. The van der Waals surface area contributed by atoms with Crippen molar-refractivity contribution >= 4 is 23.5 Å². The Labute approximate surface area is 201 Å². The molecule has 3 aromatic rings. The van der Waals surface area contributed by atoms with E-state index in [2.05, 4.69) is 10.4 Å². The van der Waals surface area contributed by atoms with Gasteiger partial charge in [-0.3, -0.25) is 19.2 Å². The van der Waals surface area contributed by atoms with Crippen LogP contribution < -0.4 is 15.0 Å². The Morgan fingerprint density at radius 1 is 1.17 bits per heavy atom.